The number of carbonyl (C=O) groups excluding carboxylic acids is 1. The molecule has 10 heteroatoms. The van der Waals surface area contributed by atoms with Crippen molar-refractivity contribution < 1.29 is 14.6 Å². The summed E-state index contributed by atoms with van der Waals surface area (Å²) in [6.07, 6.45) is 3.19. The minimum Gasteiger partial charge on any atom is -0.503 e. The molecule has 3 heterocycles. The number of aromatic nitrogens is 2. The van der Waals surface area contributed by atoms with Crippen molar-refractivity contribution in [2.45, 2.75) is 33.0 Å². The van der Waals surface area contributed by atoms with E-state index in [-0.39, 0.29) is 36.3 Å². The highest BCUT2D eigenvalue weighted by molar-refractivity contribution is 7.13. The maximum Gasteiger partial charge on any atom is 0.274 e. The van der Waals surface area contributed by atoms with E-state index in [0.29, 0.717) is 28.9 Å². The van der Waals surface area contributed by atoms with Crippen LogP contribution in [0.1, 0.15) is 29.9 Å². The number of carbonyl (C=O) groups is 1. The highest BCUT2D eigenvalue weighted by Crippen LogP contribution is 2.28. The first-order valence-electron chi connectivity index (χ1n) is 9.45. The number of thiazole rings is 1. The Morgan fingerprint density at radius 3 is 2.71 bits per heavy atom. The van der Waals surface area contributed by atoms with E-state index in [4.69, 9.17) is 16.3 Å². The number of rotatable bonds is 5. The standard InChI is InChI=1S/C21H20ClN3O4S.ClH/c1-12(2)29-15-8-13(7-14(22)9-15)10-25-5-4-24-11-16(20-23-3-6-30-20)18(26)19(27)17(24)21(25)28;/h3,6-9,11-12,27H,4-5,10H2,1-2H3;1H. The summed E-state index contributed by atoms with van der Waals surface area (Å²) < 4.78 is 7.34. The molecule has 1 aliphatic rings. The molecule has 0 atom stereocenters. The Labute approximate surface area is 194 Å². The van der Waals surface area contributed by atoms with Crippen molar-refractivity contribution in [1.29, 1.82) is 0 Å². The van der Waals surface area contributed by atoms with Gasteiger partial charge in [-0.15, -0.1) is 23.7 Å². The van der Waals surface area contributed by atoms with Crippen LogP contribution in [0.2, 0.25) is 5.02 Å². The summed E-state index contributed by atoms with van der Waals surface area (Å²) in [5.74, 6) is -0.329. The maximum absolute atomic E-state index is 13.1. The second-order valence-corrected chi connectivity index (χ2v) is 8.62. The molecule has 164 valence electrons. The van der Waals surface area contributed by atoms with Gasteiger partial charge in [-0.05, 0) is 37.6 Å². The van der Waals surface area contributed by atoms with E-state index in [1.807, 2.05) is 19.9 Å². The highest BCUT2D eigenvalue weighted by Gasteiger charge is 2.30. The fourth-order valence-electron chi connectivity index (χ4n) is 3.46. The third-order valence-electron chi connectivity index (χ3n) is 4.70. The molecule has 1 N–H and O–H groups in total. The van der Waals surface area contributed by atoms with Gasteiger partial charge in [-0.3, -0.25) is 9.59 Å². The summed E-state index contributed by atoms with van der Waals surface area (Å²) in [6.45, 7) is 5.01. The molecular formula is C21H21Cl2N3O4S. The van der Waals surface area contributed by atoms with Crippen LogP contribution in [0.3, 0.4) is 0 Å². The van der Waals surface area contributed by atoms with Gasteiger partial charge in [0, 0.05) is 42.4 Å². The van der Waals surface area contributed by atoms with Gasteiger partial charge in [-0.1, -0.05) is 11.6 Å². The molecule has 2 aromatic heterocycles. The first-order chi connectivity index (χ1) is 14.3. The molecule has 0 bridgehead atoms. The normalized spacial score (nSPS) is 13.2. The van der Waals surface area contributed by atoms with Crippen molar-refractivity contribution >= 4 is 41.3 Å². The van der Waals surface area contributed by atoms with Crippen LogP contribution in [0.4, 0.5) is 0 Å². The zero-order valence-corrected chi connectivity index (χ0v) is 19.3. The van der Waals surface area contributed by atoms with Crippen molar-refractivity contribution in [2.75, 3.05) is 6.54 Å². The molecule has 1 aromatic carbocycles. The van der Waals surface area contributed by atoms with Crippen molar-refractivity contribution in [3.05, 3.63) is 62.5 Å². The number of fused-ring (bicyclic) bond motifs is 1. The molecule has 31 heavy (non-hydrogen) atoms. The van der Waals surface area contributed by atoms with E-state index in [1.54, 1.807) is 39.4 Å². The lowest BCUT2D eigenvalue weighted by molar-refractivity contribution is 0.0683. The number of nitrogens with zero attached hydrogens (tertiary/aromatic N) is 3. The summed E-state index contributed by atoms with van der Waals surface area (Å²) in [6, 6.07) is 5.34. The fraction of sp³-hybridized carbons (Fsp3) is 0.286. The highest BCUT2D eigenvalue weighted by atomic mass is 35.5. The molecule has 1 aliphatic heterocycles. The number of amides is 1. The maximum atomic E-state index is 13.1. The molecule has 0 aliphatic carbocycles. The summed E-state index contributed by atoms with van der Waals surface area (Å²) in [5, 5.41) is 13.3. The van der Waals surface area contributed by atoms with Crippen LogP contribution < -0.4 is 10.2 Å². The Morgan fingerprint density at radius 2 is 2.03 bits per heavy atom. The topological polar surface area (TPSA) is 84.7 Å². The zero-order valence-electron chi connectivity index (χ0n) is 16.9. The summed E-state index contributed by atoms with van der Waals surface area (Å²) in [7, 11) is 0. The van der Waals surface area contributed by atoms with E-state index >= 15 is 0 Å². The lowest BCUT2D eigenvalue weighted by atomic mass is 10.1. The van der Waals surface area contributed by atoms with Gasteiger partial charge in [0.1, 0.15) is 10.8 Å². The molecule has 4 rings (SSSR count). The van der Waals surface area contributed by atoms with Crippen LogP contribution in [0, 0.1) is 0 Å². The molecule has 0 saturated carbocycles. The number of ether oxygens (including phenoxy) is 1. The van der Waals surface area contributed by atoms with E-state index in [9.17, 15) is 14.7 Å². The Kier molecular flexibility index (Phi) is 6.93. The van der Waals surface area contributed by atoms with Crippen molar-refractivity contribution in [2.24, 2.45) is 0 Å². The van der Waals surface area contributed by atoms with Crippen LogP contribution in [0.15, 0.2) is 40.8 Å². The number of benzene rings is 1. The monoisotopic (exact) mass is 481 g/mol. The number of halogens is 2. The molecule has 7 nitrogen and oxygen atoms in total. The van der Waals surface area contributed by atoms with Gasteiger partial charge in [0.25, 0.3) is 5.91 Å². The zero-order chi connectivity index (χ0) is 21.4. The van der Waals surface area contributed by atoms with Gasteiger partial charge in [-0.2, -0.15) is 0 Å². The van der Waals surface area contributed by atoms with E-state index in [2.05, 4.69) is 4.98 Å². The van der Waals surface area contributed by atoms with Crippen molar-refractivity contribution in [3.63, 3.8) is 0 Å². The van der Waals surface area contributed by atoms with E-state index in [0.717, 1.165) is 5.56 Å². The molecule has 0 fully saturated rings. The largest absolute Gasteiger partial charge is 0.503 e. The quantitative estimate of drug-likeness (QED) is 0.590. The lowest BCUT2D eigenvalue weighted by Crippen LogP contribution is -2.41. The minimum atomic E-state index is -0.596. The van der Waals surface area contributed by atoms with Crippen LogP contribution in [0.25, 0.3) is 10.6 Å². The van der Waals surface area contributed by atoms with Gasteiger partial charge < -0.3 is 19.3 Å². The fourth-order valence-corrected chi connectivity index (χ4v) is 4.36. The van der Waals surface area contributed by atoms with Gasteiger partial charge in [0.05, 0.1) is 11.7 Å². The van der Waals surface area contributed by atoms with Crippen LogP contribution in [-0.4, -0.2) is 38.1 Å². The van der Waals surface area contributed by atoms with Gasteiger partial charge in [0.15, 0.2) is 11.4 Å². The Hall–Kier alpha value is -2.55. The number of hydrogen-bond acceptors (Lipinski definition) is 6. The molecule has 0 unspecified atom stereocenters. The number of aromatic hydroxyl groups is 1. The molecular weight excluding hydrogens is 461 g/mol. The van der Waals surface area contributed by atoms with E-state index in [1.165, 1.54) is 11.3 Å². The third-order valence-corrected chi connectivity index (χ3v) is 5.72. The summed E-state index contributed by atoms with van der Waals surface area (Å²) >= 11 is 7.51. The minimum absolute atomic E-state index is 0. The molecule has 0 radical (unpaired) electrons. The Bertz CT molecular complexity index is 1160. The second kappa shape index (κ2) is 9.30. The van der Waals surface area contributed by atoms with Gasteiger partial charge >= 0.3 is 0 Å². The van der Waals surface area contributed by atoms with Crippen LogP contribution in [0.5, 0.6) is 11.5 Å². The van der Waals surface area contributed by atoms with E-state index < -0.39 is 17.1 Å². The SMILES string of the molecule is CC(C)Oc1cc(Cl)cc(CN2CCn3cc(-c4nccs4)c(=O)c(O)c3C2=O)c1.Cl. The average Bonchev–Trinajstić information content (AvgIpc) is 3.20. The predicted octanol–water partition coefficient (Wildman–Crippen LogP) is 4.20. The average molecular weight is 482 g/mol. The molecule has 0 spiro atoms. The first kappa shape index (κ1) is 23.1. The van der Waals surface area contributed by atoms with Crippen LogP contribution >= 0.6 is 35.3 Å². The van der Waals surface area contributed by atoms with Crippen molar-refractivity contribution in [1.82, 2.24) is 14.5 Å². The summed E-state index contributed by atoms with van der Waals surface area (Å²) in [5.41, 5.74) is 0.494. The smallest absolute Gasteiger partial charge is 0.274 e. The molecule has 1 amide bonds. The van der Waals surface area contributed by atoms with Crippen LogP contribution in [-0.2, 0) is 13.1 Å². The Morgan fingerprint density at radius 1 is 1.26 bits per heavy atom. The summed E-state index contributed by atoms with van der Waals surface area (Å²) in [4.78, 5) is 31.4. The van der Waals surface area contributed by atoms with Gasteiger partial charge in [-0.25, -0.2) is 4.98 Å². The van der Waals surface area contributed by atoms with Gasteiger partial charge in [0.2, 0.25) is 5.43 Å². The Balaban J connectivity index is 0.00000272. The first-order valence-corrected chi connectivity index (χ1v) is 10.7. The lowest BCUT2D eigenvalue weighted by Gasteiger charge is -2.30. The number of pyridine rings is 1. The molecule has 3 aromatic rings. The number of hydrogen-bond donors (Lipinski definition) is 1. The molecule has 0 saturated heterocycles. The van der Waals surface area contributed by atoms with Crippen molar-refractivity contribution in [3.8, 4) is 22.1 Å². The second-order valence-electron chi connectivity index (χ2n) is 7.29. The third kappa shape index (κ3) is 4.71. The predicted molar refractivity (Wildman–Crippen MR) is 123 cm³/mol.